The number of carbonyl (C=O) groups is 2. The van der Waals surface area contributed by atoms with E-state index in [-0.39, 0.29) is 25.9 Å². The first kappa shape index (κ1) is 13.7. The third-order valence-corrected chi connectivity index (χ3v) is 4.01. The smallest absolute Gasteiger partial charge is 0.421 e. The average molecular weight is 266 g/mol. The molecule has 1 aliphatic heterocycles. The summed E-state index contributed by atoms with van der Waals surface area (Å²) >= 11 is 0. The molecule has 0 atom stereocenters. The van der Waals surface area contributed by atoms with Crippen LogP contribution < -0.4 is 4.72 Å². The maximum atomic E-state index is 11.6. The zero-order chi connectivity index (χ0) is 13.1. The molecular formula is C8H14N2O6S. The summed E-state index contributed by atoms with van der Waals surface area (Å²) in [5.41, 5.74) is 0. The van der Waals surface area contributed by atoms with Crippen LogP contribution in [0.15, 0.2) is 0 Å². The molecule has 0 aliphatic carbocycles. The Morgan fingerprint density at radius 3 is 2.29 bits per heavy atom. The van der Waals surface area contributed by atoms with Crippen LogP contribution in [0.2, 0.25) is 0 Å². The lowest BCUT2D eigenvalue weighted by molar-refractivity contribution is -0.142. The lowest BCUT2D eigenvalue weighted by atomic mass is 9.99. The normalized spacial score (nSPS) is 18.6. The molecular weight excluding hydrogens is 252 g/mol. The molecule has 1 rings (SSSR count). The number of hydrogen-bond donors (Lipinski definition) is 2. The molecule has 0 spiro atoms. The number of carbonyl (C=O) groups excluding carboxylic acids is 1. The molecule has 0 bridgehead atoms. The summed E-state index contributed by atoms with van der Waals surface area (Å²) < 4.78 is 30.1. The van der Waals surface area contributed by atoms with Crippen molar-refractivity contribution in [3.8, 4) is 0 Å². The molecule has 2 N–H and O–H groups in total. The molecule has 0 unspecified atom stereocenters. The van der Waals surface area contributed by atoms with Gasteiger partial charge in [0.2, 0.25) is 0 Å². The monoisotopic (exact) mass is 266 g/mol. The Morgan fingerprint density at radius 2 is 1.88 bits per heavy atom. The molecule has 0 aromatic rings. The van der Waals surface area contributed by atoms with Crippen LogP contribution >= 0.6 is 0 Å². The zero-order valence-electron chi connectivity index (χ0n) is 9.25. The number of rotatable bonds is 3. The van der Waals surface area contributed by atoms with E-state index in [1.54, 1.807) is 4.72 Å². The predicted octanol–water partition coefficient (Wildman–Crippen LogP) is -0.616. The van der Waals surface area contributed by atoms with Crippen molar-refractivity contribution in [3.05, 3.63) is 0 Å². The number of hydrogen-bond acceptors (Lipinski definition) is 5. The first-order valence-electron chi connectivity index (χ1n) is 4.95. The Labute approximate surface area is 98.7 Å². The minimum Gasteiger partial charge on any atom is -0.481 e. The van der Waals surface area contributed by atoms with Crippen LogP contribution in [0.25, 0.3) is 0 Å². The Balaban J connectivity index is 2.59. The molecule has 0 aromatic heterocycles. The fourth-order valence-corrected chi connectivity index (χ4v) is 2.67. The van der Waals surface area contributed by atoms with E-state index in [0.29, 0.717) is 0 Å². The number of nitrogens with zero attached hydrogens (tertiary/aromatic N) is 1. The van der Waals surface area contributed by atoms with Gasteiger partial charge in [-0.05, 0) is 12.8 Å². The highest BCUT2D eigenvalue weighted by atomic mass is 32.2. The highest BCUT2D eigenvalue weighted by molar-refractivity contribution is 7.87. The van der Waals surface area contributed by atoms with Crippen LogP contribution in [0.1, 0.15) is 12.8 Å². The van der Waals surface area contributed by atoms with Gasteiger partial charge in [0, 0.05) is 13.1 Å². The number of aliphatic carboxylic acids is 1. The van der Waals surface area contributed by atoms with Crippen LogP contribution in [0.5, 0.6) is 0 Å². The molecule has 0 saturated carbocycles. The van der Waals surface area contributed by atoms with E-state index >= 15 is 0 Å². The maximum Gasteiger partial charge on any atom is 0.421 e. The van der Waals surface area contributed by atoms with Crippen LogP contribution in [0.4, 0.5) is 4.79 Å². The molecule has 1 heterocycles. The summed E-state index contributed by atoms with van der Waals surface area (Å²) in [5.74, 6) is -1.46. The molecule has 1 saturated heterocycles. The summed E-state index contributed by atoms with van der Waals surface area (Å²) in [4.78, 5) is 21.5. The lowest BCUT2D eigenvalue weighted by Gasteiger charge is -2.28. The molecule has 1 fully saturated rings. The van der Waals surface area contributed by atoms with Crippen molar-refractivity contribution < 1.29 is 27.9 Å². The highest BCUT2D eigenvalue weighted by Gasteiger charge is 2.31. The summed E-state index contributed by atoms with van der Waals surface area (Å²) in [6.07, 6.45) is -0.597. The van der Waals surface area contributed by atoms with Gasteiger partial charge < -0.3 is 9.84 Å². The van der Waals surface area contributed by atoms with Gasteiger partial charge in [-0.25, -0.2) is 9.52 Å². The molecule has 0 radical (unpaired) electrons. The van der Waals surface area contributed by atoms with Crippen molar-refractivity contribution in [2.24, 2.45) is 5.92 Å². The van der Waals surface area contributed by atoms with Gasteiger partial charge >= 0.3 is 22.3 Å². The fraction of sp³-hybridized carbons (Fsp3) is 0.750. The van der Waals surface area contributed by atoms with Gasteiger partial charge in [-0.1, -0.05) is 0 Å². The van der Waals surface area contributed by atoms with Gasteiger partial charge in [-0.2, -0.15) is 12.7 Å². The van der Waals surface area contributed by atoms with Crippen molar-refractivity contribution in [3.63, 3.8) is 0 Å². The van der Waals surface area contributed by atoms with E-state index in [2.05, 4.69) is 4.74 Å². The lowest BCUT2D eigenvalue weighted by Crippen LogP contribution is -2.47. The number of ether oxygens (including phenoxy) is 1. The van der Waals surface area contributed by atoms with Crippen molar-refractivity contribution in [2.75, 3.05) is 20.2 Å². The molecule has 9 heteroatoms. The standard InChI is InChI=1S/C8H14N2O6S/c1-16-8(13)9-17(14,15)10-4-2-6(3-5-10)7(11)12/h6H,2-5H2,1H3,(H,9,13)(H,11,12). The number of carboxylic acids is 1. The Kier molecular flexibility index (Phi) is 4.29. The van der Waals surface area contributed by atoms with Crippen molar-refractivity contribution in [2.45, 2.75) is 12.8 Å². The second kappa shape index (κ2) is 5.32. The maximum absolute atomic E-state index is 11.6. The molecule has 8 nitrogen and oxygen atoms in total. The van der Waals surface area contributed by atoms with Crippen LogP contribution in [0.3, 0.4) is 0 Å². The summed E-state index contributed by atoms with van der Waals surface area (Å²) in [6, 6.07) is 0. The van der Waals surface area contributed by atoms with Crippen molar-refractivity contribution in [1.82, 2.24) is 9.03 Å². The Bertz CT molecular complexity index is 398. The van der Waals surface area contributed by atoms with Crippen molar-refractivity contribution in [1.29, 1.82) is 0 Å². The van der Waals surface area contributed by atoms with E-state index in [1.165, 1.54) is 0 Å². The van der Waals surface area contributed by atoms with Gasteiger partial charge in [0.05, 0.1) is 13.0 Å². The van der Waals surface area contributed by atoms with E-state index in [4.69, 9.17) is 5.11 Å². The minimum atomic E-state index is -3.93. The largest absolute Gasteiger partial charge is 0.481 e. The minimum absolute atomic E-state index is 0.0727. The van der Waals surface area contributed by atoms with E-state index in [9.17, 15) is 18.0 Å². The summed E-state index contributed by atoms with van der Waals surface area (Å²) in [5, 5.41) is 8.75. The van der Waals surface area contributed by atoms with Gasteiger partial charge in [0.15, 0.2) is 0 Å². The average Bonchev–Trinajstić information content (AvgIpc) is 2.28. The quantitative estimate of drug-likeness (QED) is 0.704. The van der Waals surface area contributed by atoms with E-state index in [0.717, 1.165) is 11.4 Å². The molecule has 1 aliphatic rings. The van der Waals surface area contributed by atoms with Crippen LogP contribution in [0, 0.1) is 5.92 Å². The van der Waals surface area contributed by atoms with Gasteiger partial charge in [0.25, 0.3) is 0 Å². The van der Waals surface area contributed by atoms with E-state index in [1.807, 2.05) is 0 Å². The predicted molar refractivity (Wildman–Crippen MR) is 56.4 cm³/mol. The second-order valence-corrected chi connectivity index (χ2v) is 5.28. The first-order chi connectivity index (χ1) is 7.86. The van der Waals surface area contributed by atoms with Gasteiger partial charge in [-0.3, -0.25) is 4.79 Å². The van der Waals surface area contributed by atoms with Crippen molar-refractivity contribution >= 4 is 22.3 Å². The van der Waals surface area contributed by atoms with E-state index < -0.39 is 28.2 Å². The number of carboxylic acid groups (broad SMARTS) is 1. The summed E-state index contributed by atoms with van der Waals surface area (Å²) in [6.45, 7) is 0.145. The Morgan fingerprint density at radius 1 is 1.35 bits per heavy atom. The molecule has 1 amide bonds. The molecule has 98 valence electrons. The van der Waals surface area contributed by atoms with Gasteiger partial charge in [-0.15, -0.1) is 0 Å². The Hall–Kier alpha value is -1.35. The van der Waals surface area contributed by atoms with Gasteiger partial charge in [0.1, 0.15) is 0 Å². The third kappa shape index (κ3) is 3.56. The first-order valence-corrected chi connectivity index (χ1v) is 6.39. The topological polar surface area (TPSA) is 113 Å². The van der Waals surface area contributed by atoms with Crippen LogP contribution in [-0.2, 0) is 19.7 Å². The number of piperidine rings is 1. The summed E-state index contributed by atoms with van der Waals surface area (Å²) in [7, 11) is -2.87. The number of nitrogens with one attached hydrogen (secondary N) is 1. The third-order valence-electron chi connectivity index (χ3n) is 2.54. The number of methoxy groups -OCH3 is 1. The zero-order valence-corrected chi connectivity index (χ0v) is 10.1. The molecule has 0 aromatic carbocycles. The van der Waals surface area contributed by atoms with Crippen LogP contribution in [-0.4, -0.2) is 50.1 Å². The fourth-order valence-electron chi connectivity index (χ4n) is 1.55. The SMILES string of the molecule is COC(=O)NS(=O)(=O)N1CCC(C(=O)O)CC1. The molecule has 17 heavy (non-hydrogen) atoms. The second-order valence-electron chi connectivity index (χ2n) is 3.61. The number of amides is 1. The highest BCUT2D eigenvalue weighted by Crippen LogP contribution is 2.18.